The molecule has 1 N–H and O–H groups in total. The standard InChI is InChI=1S/C11H13NO3/c12-9-10-1-3-11(4-2-10)15-8-7-14-6-5-13/h1-4,13H,5-8H2. The van der Waals surface area contributed by atoms with Crippen LogP contribution in [0.5, 0.6) is 5.75 Å². The fourth-order valence-electron chi connectivity index (χ4n) is 1.01. The van der Waals surface area contributed by atoms with Crippen LogP contribution in [0.2, 0.25) is 0 Å². The minimum absolute atomic E-state index is 0.0247. The summed E-state index contributed by atoms with van der Waals surface area (Å²) in [5, 5.41) is 17.0. The maximum atomic E-state index is 8.57. The van der Waals surface area contributed by atoms with Gasteiger partial charge < -0.3 is 14.6 Å². The molecule has 0 amide bonds. The van der Waals surface area contributed by atoms with E-state index in [2.05, 4.69) is 0 Å². The molecule has 0 fully saturated rings. The molecule has 0 aromatic heterocycles. The average molecular weight is 207 g/mol. The van der Waals surface area contributed by atoms with E-state index in [4.69, 9.17) is 19.8 Å². The molecule has 15 heavy (non-hydrogen) atoms. The Labute approximate surface area is 88.7 Å². The van der Waals surface area contributed by atoms with Crippen LogP contribution in [0.15, 0.2) is 24.3 Å². The predicted molar refractivity (Wildman–Crippen MR) is 54.6 cm³/mol. The van der Waals surface area contributed by atoms with Gasteiger partial charge in [0, 0.05) is 0 Å². The molecule has 1 aromatic carbocycles. The number of hydrogen-bond acceptors (Lipinski definition) is 4. The van der Waals surface area contributed by atoms with Crippen molar-refractivity contribution in [3.8, 4) is 11.8 Å². The van der Waals surface area contributed by atoms with Crippen molar-refractivity contribution in [3.63, 3.8) is 0 Å². The zero-order valence-corrected chi connectivity index (χ0v) is 8.35. The molecule has 0 radical (unpaired) electrons. The Kier molecular flexibility index (Phi) is 5.23. The number of ether oxygens (including phenoxy) is 2. The molecule has 1 aromatic rings. The number of nitrogens with zero attached hydrogens (tertiary/aromatic N) is 1. The molecule has 1 rings (SSSR count). The van der Waals surface area contributed by atoms with Gasteiger partial charge in [0.15, 0.2) is 0 Å². The monoisotopic (exact) mass is 207 g/mol. The van der Waals surface area contributed by atoms with Crippen LogP contribution in [-0.4, -0.2) is 31.5 Å². The highest BCUT2D eigenvalue weighted by atomic mass is 16.5. The summed E-state index contributed by atoms with van der Waals surface area (Å²) in [7, 11) is 0. The fraction of sp³-hybridized carbons (Fsp3) is 0.364. The summed E-state index contributed by atoms with van der Waals surface area (Å²) in [6.07, 6.45) is 0. The summed E-state index contributed by atoms with van der Waals surface area (Å²) in [4.78, 5) is 0. The van der Waals surface area contributed by atoms with Crippen LogP contribution in [0.3, 0.4) is 0 Å². The van der Waals surface area contributed by atoms with Crippen molar-refractivity contribution in [2.24, 2.45) is 0 Å². The second-order valence-electron chi connectivity index (χ2n) is 2.82. The Hall–Kier alpha value is -1.57. The third kappa shape index (κ3) is 4.45. The van der Waals surface area contributed by atoms with E-state index in [0.717, 1.165) is 0 Å². The van der Waals surface area contributed by atoms with Crippen molar-refractivity contribution in [3.05, 3.63) is 29.8 Å². The molecule has 0 aliphatic carbocycles. The topological polar surface area (TPSA) is 62.5 Å². The lowest BCUT2D eigenvalue weighted by molar-refractivity contribution is 0.0705. The SMILES string of the molecule is N#Cc1ccc(OCCOCCO)cc1. The summed E-state index contributed by atoms with van der Waals surface area (Å²) in [5.41, 5.74) is 0.610. The van der Waals surface area contributed by atoms with E-state index >= 15 is 0 Å². The van der Waals surface area contributed by atoms with Crippen LogP contribution in [0.4, 0.5) is 0 Å². The minimum atomic E-state index is 0.0247. The molecule has 0 aliphatic rings. The van der Waals surface area contributed by atoms with Crippen molar-refractivity contribution >= 4 is 0 Å². The van der Waals surface area contributed by atoms with Gasteiger partial charge in [0.2, 0.25) is 0 Å². The van der Waals surface area contributed by atoms with Crippen molar-refractivity contribution in [2.75, 3.05) is 26.4 Å². The van der Waals surface area contributed by atoms with Gasteiger partial charge in [0.25, 0.3) is 0 Å². The summed E-state index contributed by atoms with van der Waals surface area (Å²) in [5.74, 6) is 0.710. The van der Waals surface area contributed by atoms with Crippen molar-refractivity contribution in [1.29, 1.82) is 5.26 Å². The van der Waals surface area contributed by atoms with Gasteiger partial charge in [0.1, 0.15) is 12.4 Å². The van der Waals surface area contributed by atoms with Gasteiger partial charge in [-0.25, -0.2) is 0 Å². The molecule has 0 aliphatic heterocycles. The van der Waals surface area contributed by atoms with E-state index in [0.29, 0.717) is 31.1 Å². The highest BCUT2D eigenvalue weighted by molar-refractivity contribution is 5.34. The highest BCUT2D eigenvalue weighted by Crippen LogP contribution is 2.10. The Morgan fingerprint density at radius 1 is 1.13 bits per heavy atom. The lowest BCUT2D eigenvalue weighted by atomic mass is 10.2. The van der Waals surface area contributed by atoms with Gasteiger partial charge in [-0.2, -0.15) is 5.26 Å². The zero-order valence-electron chi connectivity index (χ0n) is 8.35. The molecular formula is C11H13NO3. The molecule has 4 nitrogen and oxygen atoms in total. The van der Waals surface area contributed by atoms with E-state index in [1.165, 1.54) is 0 Å². The van der Waals surface area contributed by atoms with Crippen molar-refractivity contribution < 1.29 is 14.6 Å². The Morgan fingerprint density at radius 2 is 1.87 bits per heavy atom. The first-order chi connectivity index (χ1) is 7.36. The second-order valence-corrected chi connectivity index (χ2v) is 2.82. The number of nitriles is 1. The maximum absolute atomic E-state index is 8.57. The largest absolute Gasteiger partial charge is 0.491 e. The number of rotatable bonds is 6. The number of aliphatic hydroxyl groups excluding tert-OH is 1. The van der Waals surface area contributed by atoms with Crippen LogP contribution >= 0.6 is 0 Å². The molecule has 0 spiro atoms. The first-order valence-corrected chi connectivity index (χ1v) is 4.68. The fourth-order valence-corrected chi connectivity index (χ4v) is 1.01. The molecular weight excluding hydrogens is 194 g/mol. The summed E-state index contributed by atoms with van der Waals surface area (Å²) in [6.45, 7) is 1.24. The predicted octanol–water partition coefficient (Wildman–Crippen LogP) is 0.946. The zero-order chi connectivity index (χ0) is 10.9. The molecule has 0 unspecified atom stereocenters. The average Bonchev–Trinajstić information content (AvgIpc) is 2.30. The number of aliphatic hydroxyl groups is 1. The normalized spacial score (nSPS) is 9.60. The third-order valence-electron chi connectivity index (χ3n) is 1.72. The molecule has 0 saturated heterocycles. The van der Waals surface area contributed by atoms with Crippen LogP contribution < -0.4 is 4.74 Å². The minimum Gasteiger partial charge on any atom is -0.491 e. The molecule has 0 heterocycles. The summed E-state index contributed by atoms with van der Waals surface area (Å²) < 4.78 is 10.4. The van der Waals surface area contributed by atoms with Crippen LogP contribution in [0, 0.1) is 11.3 Å². The smallest absolute Gasteiger partial charge is 0.119 e. The molecule has 0 saturated carbocycles. The lowest BCUT2D eigenvalue weighted by Gasteiger charge is -2.05. The number of benzene rings is 1. The number of hydrogen-bond donors (Lipinski definition) is 1. The van der Waals surface area contributed by atoms with Gasteiger partial charge in [0.05, 0.1) is 31.5 Å². The second kappa shape index (κ2) is 6.82. The Bertz CT molecular complexity index is 316. The van der Waals surface area contributed by atoms with E-state index < -0.39 is 0 Å². The lowest BCUT2D eigenvalue weighted by Crippen LogP contribution is -2.08. The first kappa shape index (κ1) is 11.5. The summed E-state index contributed by atoms with van der Waals surface area (Å²) >= 11 is 0. The van der Waals surface area contributed by atoms with Crippen LogP contribution in [0.25, 0.3) is 0 Å². The molecule has 0 atom stereocenters. The quantitative estimate of drug-likeness (QED) is 0.705. The molecule has 80 valence electrons. The maximum Gasteiger partial charge on any atom is 0.119 e. The van der Waals surface area contributed by atoms with Crippen molar-refractivity contribution in [1.82, 2.24) is 0 Å². The Balaban J connectivity index is 2.23. The van der Waals surface area contributed by atoms with Crippen molar-refractivity contribution in [2.45, 2.75) is 0 Å². The van der Waals surface area contributed by atoms with Gasteiger partial charge in [-0.05, 0) is 24.3 Å². The summed E-state index contributed by atoms with van der Waals surface area (Å²) in [6, 6.07) is 8.91. The molecule has 0 bridgehead atoms. The molecule has 4 heteroatoms. The van der Waals surface area contributed by atoms with Gasteiger partial charge in [-0.15, -0.1) is 0 Å². The van der Waals surface area contributed by atoms with E-state index in [1.54, 1.807) is 24.3 Å². The Morgan fingerprint density at radius 3 is 2.47 bits per heavy atom. The van der Waals surface area contributed by atoms with Gasteiger partial charge in [-0.3, -0.25) is 0 Å². The van der Waals surface area contributed by atoms with Gasteiger partial charge in [-0.1, -0.05) is 0 Å². The van der Waals surface area contributed by atoms with Crippen LogP contribution in [0.1, 0.15) is 5.56 Å². The van der Waals surface area contributed by atoms with E-state index in [-0.39, 0.29) is 6.61 Å². The van der Waals surface area contributed by atoms with E-state index in [1.807, 2.05) is 6.07 Å². The van der Waals surface area contributed by atoms with Crippen LogP contribution in [-0.2, 0) is 4.74 Å². The van der Waals surface area contributed by atoms with E-state index in [9.17, 15) is 0 Å². The van der Waals surface area contributed by atoms with Gasteiger partial charge >= 0.3 is 0 Å². The third-order valence-corrected chi connectivity index (χ3v) is 1.72. The first-order valence-electron chi connectivity index (χ1n) is 4.68. The highest BCUT2D eigenvalue weighted by Gasteiger charge is 1.94.